The van der Waals surface area contributed by atoms with E-state index in [4.69, 9.17) is 4.74 Å². The SMILES string of the molecule is COc1ccccc1S(=O)(=O)N1[C@H](C(=O)O)C[C@@H]2CCCC[C@@H]21. The Kier molecular flexibility index (Phi) is 4.33. The Balaban J connectivity index is 2.07. The van der Waals surface area contributed by atoms with E-state index in [2.05, 4.69) is 0 Å². The van der Waals surface area contributed by atoms with Crippen molar-refractivity contribution in [1.82, 2.24) is 4.31 Å². The number of aliphatic carboxylic acids is 1. The first kappa shape index (κ1) is 16.3. The van der Waals surface area contributed by atoms with Crippen molar-refractivity contribution in [2.45, 2.75) is 49.1 Å². The van der Waals surface area contributed by atoms with Gasteiger partial charge in [-0.2, -0.15) is 4.31 Å². The minimum Gasteiger partial charge on any atom is -0.495 e. The lowest BCUT2D eigenvalue weighted by Crippen LogP contribution is -2.46. The fraction of sp³-hybridized carbons (Fsp3) is 0.562. The average Bonchev–Trinajstić information content (AvgIpc) is 2.95. The zero-order valence-corrected chi connectivity index (χ0v) is 13.8. The van der Waals surface area contributed by atoms with Crippen molar-refractivity contribution < 1.29 is 23.1 Å². The number of fused-ring (bicyclic) bond motifs is 1. The van der Waals surface area contributed by atoms with Crippen LogP contribution in [-0.4, -0.2) is 43.0 Å². The summed E-state index contributed by atoms with van der Waals surface area (Å²) in [6.07, 6.45) is 3.99. The van der Waals surface area contributed by atoms with Crippen molar-refractivity contribution in [3.05, 3.63) is 24.3 Å². The molecule has 1 N–H and O–H groups in total. The van der Waals surface area contributed by atoms with E-state index >= 15 is 0 Å². The molecule has 6 nitrogen and oxygen atoms in total. The van der Waals surface area contributed by atoms with Crippen LogP contribution in [0.15, 0.2) is 29.2 Å². The lowest BCUT2D eigenvalue weighted by molar-refractivity contribution is -0.141. The molecule has 23 heavy (non-hydrogen) atoms. The summed E-state index contributed by atoms with van der Waals surface area (Å²) in [6, 6.07) is 5.16. The predicted octanol–water partition coefficient (Wildman–Crippen LogP) is 2.10. The molecule has 1 heterocycles. The van der Waals surface area contributed by atoms with E-state index < -0.39 is 22.0 Å². The number of sulfonamides is 1. The van der Waals surface area contributed by atoms with E-state index in [1.165, 1.54) is 17.5 Å². The van der Waals surface area contributed by atoms with Gasteiger partial charge in [0.2, 0.25) is 10.0 Å². The number of methoxy groups -OCH3 is 1. The number of hydrogen-bond acceptors (Lipinski definition) is 4. The molecule has 0 amide bonds. The zero-order valence-electron chi connectivity index (χ0n) is 13.0. The summed E-state index contributed by atoms with van der Waals surface area (Å²) in [6.45, 7) is 0. The molecular weight excluding hydrogens is 318 g/mol. The van der Waals surface area contributed by atoms with Crippen LogP contribution >= 0.6 is 0 Å². The first-order chi connectivity index (χ1) is 11.0. The Hall–Kier alpha value is -1.60. The van der Waals surface area contributed by atoms with Crippen molar-refractivity contribution in [2.75, 3.05) is 7.11 Å². The highest BCUT2D eigenvalue weighted by Gasteiger charge is 2.51. The quantitative estimate of drug-likeness (QED) is 0.908. The molecule has 1 saturated heterocycles. The van der Waals surface area contributed by atoms with Crippen molar-refractivity contribution >= 4 is 16.0 Å². The number of nitrogens with zero attached hydrogens (tertiary/aromatic N) is 1. The Morgan fingerprint density at radius 2 is 1.96 bits per heavy atom. The number of para-hydroxylation sites is 1. The summed E-state index contributed by atoms with van der Waals surface area (Å²) in [5.41, 5.74) is 0. The van der Waals surface area contributed by atoms with E-state index in [1.54, 1.807) is 18.2 Å². The molecule has 3 atom stereocenters. The van der Waals surface area contributed by atoms with Crippen LogP contribution in [0.2, 0.25) is 0 Å². The number of hydrogen-bond donors (Lipinski definition) is 1. The van der Waals surface area contributed by atoms with Gasteiger partial charge in [-0.15, -0.1) is 0 Å². The third kappa shape index (κ3) is 2.72. The summed E-state index contributed by atoms with van der Waals surface area (Å²) in [5, 5.41) is 9.53. The van der Waals surface area contributed by atoms with Gasteiger partial charge in [0.05, 0.1) is 7.11 Å². The van der Waals surface area contributed by atoms with E-state index in [0.29, 0.717) is 6.42 Å². The number of carboxylic acid groups (broad SMARTS) is 1. The average molecular weight is 339 g/mol. The minimum absolute atomic E-state index is 0.0416. The molecule has 1 aliphatic heterocycles. The van der Waals surface area contributed by atoms with Crippen molar-refractivity contribution in [1.29, 1.82) is 0 Å². The second-order valence-electron chi connectivity index (χ2n) is 6.19. The molecule has 1 aromatic rings. The van der Waals surface area contributed by atoms with Crippen LogP contribution in [0.25, 0.3) is 0 Å². The molecule has 1 aromatic carbocycles. The van der Waals surface area contributed by atoms with E-state index in [9.17, 15) is 18.3 Å². The lowest BCUT2D eigenvalue weighted by Gasteiger charge is -2.32. The van der Waals surface area contributed by atoms with E-state index in [-0.39, 0.29) is 22.6 Å². The molecule has 0 radical (unpaired) electrons. The van der Waals surface area contributed by atoms with Gasteiger partial charge in [0.25, 0.3) is 0 Å². The number of rotatable bonds is 4. The fourth-order valence-electron chi connectivity index (χ4n) is 3.92. The number of benzene rings is 1. The van der Waals surface area contributed by atoms with E-state index in [0.717, 1.165) is 25.7 Å². The molecule has 0 aromatic heterocycles. The van der Waals surface area contributed by atoms with Crippen LogP contribution in [0, 0.1) is 5.92 Å². The van der Waals surface area contributed by atoms with Crippen LogP contribution in [0.4, 0.5) is 0 Å². The molecular formula is C16H21NO5S. The lowest BCUT2D eigenvalue weighted by atomic mass is 9.85. The predicted molar refractivity (Wildman–Crippen MR) is 83.8 cm³/mol. The Bertz CT molecular complexity index is 702. The Morgan fingerprint density at radius 3 is 2.65 bits per heavy atom. The van der Waals surface area contributed by atoms with Crippen molar-refractivity contribution in [3.63, 3.8) is 0 Å². The standard InChI is InChI=1S/C16H21NO5S/c1-22-14-8-4-5-9-15(14)23(20,21)17-12-7-3-2-6-11(12)10-13(17)16(18)19/h4-5,8-9,11-13H,2-3,6-7,10H2,1H3,(H,18,19)/t11-,12-,13-/m0/s1. The maximum atomic E-state index is 13.2. The summed E-state index contributed by atoms with van der Waals surface area (Å²) < 4.78 is 32.7. The maximum Gasteiger partial charge on any atom is 0.322 e. The normalized spacial score (nSPS) is 28.3. The third-order valence-corrected chi connectivity index (χ3v) is 6.91. The van der Waals surface area contributed by atoms with Gasteiger partial charge in [0.15, 0.2) is 0 Å². The van der Waals surface area contributed by atoms with Crippen molar-refractivity contribution in [2.24, 2.45) is 5.92 Å². The summed E-state index contributed by atoms with van der Waals surface area (Å²) in [4.78, 5) is 11.7. The molecule has 0 unspecified atom stereocenters. The molecule has 0 bridgehead atoms. The number of carbonyl (C=O) groups is 1. The second kappa shape index (κ2) is 6.13. The van der Waals surface area contributed by atoms with Crippen LogP contribution in [0.1, 0.15) is 32.1 Å². The molecule has 2 aliphatic rings. The van der Waals surface area contributed by atoms with Gasteiger partial charge in [0.1, 0.15) is 16.7 Å². The highest BCUT2D eigenvalue weighted by molar-refractivity contribution is 7.89. The second-order valence-corrected chi connectivity index (χ2v) is 8.00. The summed E-state index contributed by atoms with van der Waals surface area (Å²) in [7, 11) is -2.51. The van der Waals surface area contributed by atoms with Crippen LogP contribution < -0.4 is 4.74 Å². The van der Waals surface area contributed by atoms with Gasteiger partial charge < -0.3 is 9.84 Å². The Labute approximate surface area is 136 Å². The van der Waals surface area contributed by atoms with Gasteiger partial charge in [-0.25, -0.2) is 8.42 Å². The monoisotopic (exact) mass is 339 g/mol. The van der Waals surface area contributed by atoms with Gasteiger partial charge in [-0.1, -0.05) is 25.0 Å². The fourth-order valence-corrected chi connectivity index (χ4v) is 5.95. The van der Waals surface area contributed by atoms with Gasteiger partial charge in [-0.05, 0) is 37.3 Å². The van der Waals surface area contributed by atoms with Crippen LogP contribution in [-0.2, 0) is 14.8 Å². The summed E-state index contributed by atoms with van der Waals surface area (Å²) in [5.74, 6) is -0.692. The summed E-state index contributed by atoms with van der Waals surface area (Å²) >= 11 is 0. The largest absolute Gasteiger partial charge is 0.495 e. The molecule has 3 rings (SSSR count). The zero-order chi connectivity index (χ0) is 16.6. The van der Waals surface area contributed by atoms with Crippen molar-refractivity contribution in [3.8, 4) is 5.75 Å². The molecule has 2 fully saturated rings. The van der Waals surface area contributed by atoms with Gasteiger partial charge >= 0.3 is 5.97 Å². The van der Waals surface area contributed by atoms with Gasteiger partial charge in [-0.3, -0.25) is 4.79 Å². The molecule has 0 spiro atoms. The topological polar surface area (TPSA) is 83.9 Å². The van der Waals surface area contributed by atoms with Crippen LogP contribution in [0.5, 0.6) is 5.75 Å². The maximum absolute atomic E-state index is 13.2. The van der Waals surface area contributed by atoms with E-state index in [1.807, 2.05) is 0 Å². The molecule has 1 saturated carbocycles. The van der Waals surface area contributed by atoms with Crippen LogP contribution in [0.3, 0.4) is 0 Å². The molecule has 7 heteroatoms. The molecule has 126 valence electrons. The van der Waals surface area contributed by atoms with Gasteiger partial charge in [0, 0.05) is 6.04 Å². The molecule has 1 aliphatic carbocycles. The highest BCUT2D eigenvalue weighted by Crippen LogP contribution is 2.43. The Morgan fingerprint density at radius 1 is 1.26 bits per heavy atom. The first-order valence-electron chi connectivity index (χ1n) is 7.86. The first-order valence-corrected chi connectivity index (χ1v) is 9.30. The highest BCUT2D eigenvalue weighted by atomic mass is 32.2. The number of carboxylic acids is 1. The smallest absolute Gasteiger partial charge is 0.322 e. The number of ether oxygens (including phenoxy) is 1. The third-order valence-electron chi connectivity index (χ3n) is 4.94. The minimum atomic E-state index is -3.92.